The summed E-state index contributed by atoms with van der Waals surface area (Å²) in [6.07, 6.45) is 2.72. The second-order valence-electron chi connectivity index (χ2n) is 6.01. The fraction of sp³-hybridized carbons (Fsp3) is 0.500. The van der Waals surface area contributed by atoms with Crippen molar-refractivity contribution in [1.82, 2.24) is 20.5 Å². The molecule has 2 heterocycles. The molecule has 2 N–H and O–H groups in total. The molecule has 0 aromatic carbocycles. The Bertz CT molecular complexity index is 629. The van der Waals surface area contributed by atoms with Gasteiger partial charge in [0.05, 0.1) is 12.6 Å². The van der Waals surface area contributed by atoms with Gasteiger partial charge in [0.1, 0.15) is 0 Å². The van der Waals surface area contributed by atoms with Crippen LogP contribution in [0.3, 0.4) is 0 Å². The van der Waals surface area contributed by atoms with Gasteiger partial charge in [-0.15, -0.1) is 24.0 Å². The zero-order chi connectivity index (χ0) is 18.6. The summed E-state index contributed by atoms with van der Waals surface area (Å²) in [5, 5.41) is 11.2. The van der Waals surface area contributed by atoms with Crippen LogP contribution >= 0.6 is 35.3 Å². The van der Waals surface area contributed by atoms with Gasteiger partial charge in [0.2, 0.25) is 0 Å². The summed E-state index contributed by atoms with van der Waals surface area (Å²) in [6.45, 7) is 11.0. The Morgan fingerprint density at radius 3 is 2.59 bits per heavy atom. The normalized spacial score (nSPS) is 12.5. The fourth-order valence-electron chi connectivity index (χ4n) is 2.94. The van der Waals surface area contributed by atoms with Gasteiger partial charge in [-0.1, -0.05) is 19.9 Å². The van der Waals surface area contributed by atoms with Gasteiger partial charge in [-0.2, -0.15) is 11.3 Å². The second-order valence-corrected chi connectivity index (χ2v) is 6.79. The average molecular weight is 501 g/mol. The number of nitrogens with one attached hydrogen (secondary N) is 2. The van der Waals surface area contributed by atoms with Crippen molar-refractivity contribution >= 4 is 41.3 Å². The van der Waals surface area contributed by atoms with E-state index in [1.54, 1.807) is 11.3 Å². The van der Waals surface area contributed by atoms with Crippen molar-refractivity contribution in [2.45, 2.75) is 33.2 Å². The zero-order valence-corrected chi connectivity index (χ0v) is 19.7. The zero-order valence-electron chi connectivity index (χ0n) is 16.5. The molecule has 0 aliphatic carbocycles. The van der Waals surface area contributed by atoms with E-state index in [9.17, 15) is 0 Å². The fourth-order valence-corrected chi connectivity index (χ4v) is 3.64. The lowest BCUT2D eigenvalue weighted by Crippen LogP contribution is -2.39. The van der Waals surface area contributed by atoms with Crippen molar-refractivity contribution in [3.8, 4) is 0 Å². The van der Waals surface area contributed by atoms with Crippen molar-refractivity contribution in [2.24, 2.45) is 4.99 Å². The number of hydrogen-bond acceptors (Lipinski definition) is 4. The average Bonchev–Trinajstić information content (AvgIpc) is 3.20. The Kier molecular flexibility index (Phi) is 12.3. The van der Waals surface area contributed by atoms with Crippen molar-refractivity contribution in [1.29, 1.82) is 0 Å². The molecule has 2 rings (SSSR count). The molecule has 0 bridgehead atoms. The highest BCUT2D eigenvalue weighted by atomic mass is 127. The minimum atomic E-state index is 0. The Balaban J connectivity index is 0.00000364. The van der Waals surface area contributed by atoms with E-state index in [1.165, 1.54) is 5.56 Å². The number of hydrogen-bond donors (Lipinski definition) is 2. The summed E-state index contributed by atoms with van der Waals surface area (Å²) in [6, 6.07) is 8.56. The molecular formula is C20H32IN5S. The van der Waals surface area contributed by atoms with Crippen LogP contribution in [0.1, 0.15) is 38.1 Å². The van der Waals surface area contributed by atoms with Gasteiger partial charge in [-0.3, -0.25) is 14.9 Å². The van der Waals surface area contributed by atoms with Crippen LogP contribution in [0.15, 0.2) is 46.2 Å². The van der Waals surface area contributed by atoms with Gasteiger partial charge in [0, 0.05) is 31.4 Å². The van der Waals surface area contributed by atoms with Crippen LogP contribution in [0.25, 0.3) is 0 Å². The molecule has 7 heteroatoms. The first-order valence-corrected chi connectivity index (χ1v) is 10.4. The molecule has 0 saturated heterocycles. The molecule has 1 unspecified atom stereocenters. The number of thiophene rings is 1. The predicted molar refractivity (Wildman–Crippen MR) is 127 cm³/mol. The first kappa shape index (κ1) is 23.8. The van der Waals surface area contributed by atoms with Crippen LogP contribution in [-0.2, 0) is 6.42 Å². The summed E-state index contributed by atoms with van der Waals surface area (Å²) in [7, 11) is 0. The minimum absolute atomic E-state index is 0. The van der Waals surface area contributed by atoms with E-state index in [2.05, 4.69) is 64.2 Å². The van der Waals surface area contributed by atoms with E-state index >= 15 is 0 Å². The molecule has 0 fully saturated rings. The highest BCUT2D eigenvalue weighted by Crippen LogP contribution is 2.23. The van der Waals surface area contributed by atoms with Crippen LogP contribution in [0.4, 0.5) is 0 Å². The molecule has 0 amide bonds. The highest BCUT2D eigenvalue weighted by Gasteiger charge is 2.18. The third-order valence-electron chi connectivity index (χ3n) is 4.35. The summed E-state index contributed by atoms with van der Waals surface area (Å²) < 4.78 is 0. The molecule has 1 atom stereocenters. The molecule has 0 saturated carbocycles. The number of pyridine rings is 1. The Morgan fingerprint density at radius 2 is 2.00 bits per heavy atom. The molecule has 0 aliphatic heterocycles. The minimum Gasteiger partial charge on any atom is -0.357 e. The smallest absolute Gasteiger partial charge is 0.191 e. The third-order valence-corrected chi connectivity index (χ3v) is 5.05. The Morgan fingerprint density at radius 1 is 1.19 bits per heavy atom. The van der Waals surface area contributed by atoms with Crippen molar-refractivity contribution in [3.63, 3.8) is 0 Å². The molecule has 2 aromatic heterocycles. The maximum absolute atomic E-state index is 4.85. The van der Waals surface area contributed by atoms with E-state index in [0.717, 1.165) is 50.8 Å². The first-order chi connectivity index (χ1) is 12.8. The molecule has 27 heavy (non-hydrogen) atoms. The summed E-state index contributed by atoms with van der Waals surface area (Å²) in [4.78, 5) is 11.7. The number of rotatable bonds is 10. The number of guanidine groups is 1. The highest BCUT2D eigenvalue weighted by molar-refractivity contribution is 14.0. The lowest BCUT2D eigenvalue weighted by molar-refractivity contribution is 0.224. The number of likely N-dealkylation sites (N-methyl/N-ethyl adjacent to an activating group) is 1. The molecule has 0 radical (unpaired) electrons. The van der Waals surface area contributed by atoms with Crippen LogP contribution in [0.2, 0.25) is 0 Å². The summed E-state index contributed by atoms with van der Waals surface area (Å²) >= 11 is 1.75. The first-order valence-electron chi connectivity index (χ1n) is 9.46. The van der Waals surface area contributed by atoms with Gasteiger partial charge in [0.15, 0.2) is 5.96 Å². The van der Waals surface area contributed by atoms with Gasteiger partial charge >= 0.3 is 0 Å². The molecule has 0 spiro atoms. The van der Waals surface area contributed by atoms with Crippen LogP contribution in [0.5, 0.6) is 0 Å². The third kappa shape index (κ3) is 8.15. The van der Waals surface area contributed by atoms with E-state index in [4.69, 9.17) is 4.99 Å². The van der Waals surface area contributed by atoms with E-state index in [-0.39, 0.29) is 24.0 Å². The number of aliphatic imine (C=N–C) groups is 1. The number of aromatic nitrogens is 1. The predicted octanol–water partition coefficient (Wildman–Crippen LogP) is 3.94. The molecule has 0 aliphatic rings. The molecule has 2 aromatic rings. The van der Waals surface area contributed by atoms with E-state index in [1.807, 2.05) is 18.3 Å². The number of nitrogens with zero attached hydrogens (tertiary/aromatic N) is 3. The van der Waals surface area contributed by atoms with Crippen LogP contribution in [0, 0.1) is 0 Å². The Labute approximate surface area is 184 Å². The maximum Gasteiger partial charge on any atom is 0.191 e. The lowest BCUT2D eigenvalue weighted by atomic mass is 10.1. The number of halogens is 1. The summed E-state index contributed by atoms with van der Waals surface area (Å²) in [5.41, 5.74) is 2.45. The largest absolute Gasteiger partial charge is 0.357 e. The van der Waals surface area contributed by atoms with E-state index < -0.39 is 0 Å². The van der Waals surface area contributed by atoms with Gasteiger partial charge < -0.3 is 10.6 Å². The van der Waals surface area contributed by atoms with Crippen molar-refractivity contribution in [3.05, 3.63) is 52.5 Å². The standard InChI is InChI=1S/C20H31N5S.HI/c1-4-21-20(23-13-10-18-9-7-8-12-22-18)24-15-19(25(5-2)6-3)17-11-14-26-16-17;/h7-9,11-12,14,16,19H,4-6,10,13,15H2,1-3H3,(H2,21,23,24);1H. The lowest BCUT2D eigenvalue weighted by Gasteiger charge is -2.28. The van der Waals surface area contributed by atoms with Crippen LogP contribution in [-0.4, -0.2) is 48.6 Å². The monoisotopic (exact) mass is 501 g/mol. The van der Waals surface area contributed by atoms with Gasteiger partial charge in [-0.25, -0.2) is 0 Å². The molecular weight excluding hydrogens is 469 g/mol. The van der Waals surface area contributed by atoms with E-state index in [0.29, 0.717) is 6.04 Å². The van der Waals surface area contributed by atoms with Gasteiger partial charge in [-0.05, 0) is 54.5 Å². The Hall–Kier alpha value is -1.19. The quantitative estimate of drug-likeness (QED) is 0.294. The van der Waals surface area contributed by atoms with Gasteiger partial charge in [0.25, 0.3) is 0 Å². The summed E-state index contributed by atoms with van der Waals surface area (Å²) in [5.74, 6) is 0.871. The van der Waals surface area contributed by atoms with Crippen molar-refractivity contribution < 1.29 is 0 Å². The SMILES string of the molecule is CCNC(=NCC(c1ccsc1)N(CC)CC)NCCc1ccccn1.I. The van der Waals surface area contributed by atoms with Crippen LogP contribution < -0.4 is 10.6 Å². The topological polar surface area (TPSA) is 52.6 Å². The molecule has 150 valence electrons. The maximum atomic E-state index is 4.85. The van der Waals surface area contributed by atoms with Crippen molar-refractivity contribution in [2.75, 3.05) is 32.7 Å². The molecule has 5 nitrogen and oxygen atoms in total. The second kappa shape index (κ2) is 13.9.